The van der Waals surface area contributed by atoms with Crippen molar-refractivity contribution in [1.29, 1.82) is 0 Å². The molecule has 8 heteroatoms. The van der Waals surface area contributed by atoms with Gasteiger partial charge in [-0.25, -0.2) is 9.97 Å². The third-order valence-corrected chi connectivity index (χ3v) is 10.2. The van der Waals surface area contributed by atoms with Crippen LogP contribution in [-0.4, -0.2) is 67.5 Å². The number of carbonyl (C=O) groups excluding carboxylic acids is 2. The van der Waals surface area contributed by atoms with Crippen LogP contribution in [0.3, 0.4) is 0 Å². The number of carbonyl (C=O) groups is 2. The largest absolute Gasteiger partial charge is 0.341 e. The Morgan fingerprint density at radius 2 is 1.02 bits per heavy atom. The highest BCUT2D eigenvalue weighted by Crippen LogP contribution is 2.37. The van der Waals surface area contributed by atoms with Gasteiger partial charge in [0.05, 0.1) is 35.9 Å². The molecule has 0 aliphatic carbocycles. The summed E-state index contributed by atoms with van der Waals surface area (Å²) >= 11 is 0. The standard InChI is InChI=1S/C38H48N6O2/c1-25(2)33(17-21-45)43-19-5-7-35(43)37-39-23-31(41-37)29-13-9-27(10-14-29)28-11-15-30(16-12-28)32-24-40-38(42-32)36-8-6-20-44(36)34(18-22-46)26(3)4/h9-16,21-26,33-36H,5-8,17-20H2,1-4H3,(H,39,41)(H,40,42)/t33-,34-,35+,36+/m1/s1. The molecule has 2 N–H and O–H groups in total. The maximum Gasteiger partial charge on any atom is 0.123 e. The van der Waals surface area contributed by atoms with Crippen LogP contribution in [-0.2, 0) is 9.59 Å². The van der Waals surface area contributed by atoms with Crippen LogP contribution < -0.4 is 0 Å². The fraction of sp³-hybridized carbons (Fsp3) is 0.474. The van der Waals surface area contributed by atoms with E-state index in [1.54, 1.807) is 0 Å². The molecule has 0 saturated carbocycles. The Labute approximate surface area is 273 Å². The van der Waals surface area contributed by atoms with E-state index < -0.39 is 0 Å². The fourth-order valence-electron chi connectivity index (χ4n) is 7.73. The molecule has 6 rings (SSSR count). The van der Waals surface area contributed by atoms with Gasteiger partial charge in [-0.15, -0.1) is 0 Å². The van der Waals surface area contributed by atoms with Crippen LogP contribution in [0.4, 0.5) is 0 Å². The van der Waals surface area contributed by atoms with E-state index in [0.717, 1.165) is 96.6 Å². The summed E-state index contributed by atoms with van der Waals surface area (Å²) in [6.07, 6.45) is 11.5. The molecule has 4 aromatic rings. The zero-order valence-corrected chi connectivity index (χ0v) is 27.7. The summed E-state index contributed by atoms with van der Waals surface area (Å²) < 4.78 is 0. The minimum atomic E-state index is 0.223. The van der Waals surface area contributed by atoms with E-state index in [9.17, 15) is 9.59 Å². The Hall–Kier alpha value is -3.88. The first-order chi connectivity index (χ1) is 22.4. The molecule has 2 fully saturated rings. The highest BCUT2D eigenvalue weighted by Gasteiger charge is 2.36. The monoisotopic (exact) mass is 620 g/mol. The lowest BCUT2D eigenvalue weighted by Gasteiger charge is -2.33. The summed E-state index contributed by atoms with van der Waals surface area (Å²) in [4.78, 5) is 44.4. The number of benzene rings is 2. The van der Waals surface area contributed by atoms with Crippen molar-refractivity contribution >= 4 is 12.6 Å². The number of nitrogens with one attached hydrogen (secondary N) is 2. The van der Waals surface area contributed by atoms with Crippen molar-refractivity contribution in [3.63, 3.8) is 0 Å². The fourth-order valence-corrected chi connectivity index (χ4v) is 7.73. The average Bonchev–Trinajstić information content (AvgIpc) is 3.89. The topological polar surface area (TPSA) is 98.0 Å². The second-order valence-corrected chi connectivity index (χ2v) is 13.7. The van der Waals surface area contributed by atoms with Gasteiger partial charge in [-0.05, 0) is 72.9 Å². The van der Waals surface area contributed by atoms with Gasteiger partial charge < -0.3 is 19.6 Å². The van der Waals surface area contributed by atoms with Gasteiger partial charge in [0.15, 0.2) is 0 Å². The number of rotatable bonds is 13. The molecule has 2 aromatic heterocycles. The summed E-state index contributed by atoms with van der Waals surface area (Å²) in [6, 6.07) is 18.2. The third-order valence-electron chi connectivity index (χ3n) is 10.2. The molecular formula is C38H48N6O2. The van der Waals surface area contributed by atoms with Crippen molar-refractivity contribution in [2.45, 2.75) is 90.4 Å². The van der Waals surface area contributed by atoms with Gasteiger partial charge in [0, 0.05) is 24.9 Å². The minimum Gasteiger partial charge on any atom is -0.341 e. The Morgan fingerprint density at radius 3 is 1.37 bits per heavy atom. The molecule has 0 unspecified atom stereocenters. The predicted octanol–water partition coefficient (Wildman–Crippen LogP) is 7.63. The van der Waals surface area contributed by atoms with Crippen LogP contribution in [0.2, 0.25) is 0 Å². The van der Waals surface area contributed by atoms with E-state index in [2.05, 4.69) is 96.0 Å². The number of H-pyrrole nitrogens is 2. The molecule has 2 aromatic carbocycles. The van der Waals surface area contributed by atoms with Gasteiger partial charge in [0.1, 0.15) is 24.2 Å². The van der Waals surface area contributed by atoms with Crippen molar-refractivity contribution in [1.82, 2.24) is 29.7 Å². The lowest BCUT2D eigenvalue weighted by molar-refractivity contribution is -0.110. The Morgan fingerprint density at radius 1 is 0.652 bits per heavy atom. The second-order valence-electron chi connectivity index (χ2n) is 13.7. The van der Waals surface area contributed by atoms with Crippen LogP contribution in [0.1, 0.15) is 90.0 Å². The van der Waals surface area contributed by atoms with Gasteiger partial charge in [-0.1, -0.05) is 76.2 Å². The predicted molar refractivity (Wildman–Crippen MR) is 183 cm³/mol. The van der Waals surface area contributed by atoms with Crippen molar-refractivity contribution < 1.29 is 9.59 Å². The first-order valence-corrected chi connectivity index (χ1v) is 17.1. The zero-order valence-electron chi connectivity index (χ0n) is 27.7. The molecule has 0 amide bonds. The molecule has 2 saturated heterocycles. The van der Waals surface area contributed by atoms with Crippen LogP contribution in [0.5, 0.6) is 0 Å². The SMILES string of the molecule is CC(C)[C@@H](CC=O)N1CCC[C@H]1c1ncc(-c2ccc(-c3ccc(-c4cnc([C@@H]5CCCN5[C@H](CC=O)C(C)C)[nH]4)cc3)cc2)[nH]1. The maximum atomic E-state index is 11.4. The highest BCUT2D eigenvalue weighted by atomic mass is 16.1. The summed E-state index contributed by atoms with van der Waals surface area (Å²) in [5.74, 6) is 2.82. The summed E-state index contributed by atoms with van der Waals surface area (Å²) in [5, 5.41) is 0. The van der Waals surface area contributed by atoms with E-state index in [1.807, 2.05) is 12.4 Å². The van der Waals surface area contributed by atoms with Gasteiger partial charge in [-0.2, -0.15) is 0 Å². The molecule has 0 spiro atoms. The molecule has 2 aliphatic heterocycles. The van der Waals surface area contributed by atoms with Gasteiger partial charge in [0.25, 0.3) is 0 Å². The minimum absolute atomic E-state index is 0.223. The van der Waals surface area contributed by atoms with E-state index >= 15 is 0 Å². The molecule has 8 nitrogen and oxygen atoms in total. The number of hydrogen-bond donors (Lipinski definition) is 2. The van der Waals surface area contributed by atoms with E-state index in [-0.39, 0.29) is 24.2 Å². The highest BCUT2D eigenvalue weighted by molar-refractivity contribution is 5.71. The van der Waals surface area contributed by atoms with Crippen molar-refractivity contribution in [3.8, 4) is 33.6 Å². The van der Waals surface area contributed by atoms with E-state index in [4.69, 9.17) is 9.97 Å². The first-order valence-electron chi connectivity index (χ1n) is 17.1. The quantitative estimate of drug-likeness (QED) is 0.149. The number of aromatic nitrogens is 4. The number of imidazole rings is 2. The second kappa shape index (κ2) is 14.3. The van der Waals surface area contributed by atoms with Gasteiger partial charge in [-0.3, -0.25) is 9.80 Å². The number of hydrogen-bond acceptors (Lipinski definition) is 6. The van der Waals surface area contributed by atoms with Gasteiger partial charge in [0.2, 0.25) is 0 Å². The summed E-state index contributed by atoms with van der Waals surface area (Å²) in [5.41, 5.74) is 6.57. The first kappa shape index (κ1) is 32.1. The lowest BCUT2D eigenvalue weighted by atomic mass is 9.98. The Bertz CT molecular complexity index is 1470. The molecular weight excluding hydrogens is 572 g/mol. The molecule has 4 atom stereocenters. The van der Waals surface area contributed by atoms with E-state index in [0.29, 0.717) is 24.7 Å². The zero-order chi connectivity index (χ0) is 32.2. The normalized spacial score (nSPS) is 20.5. The molecule has 2 aliphatic rings. The van der Waals surface area contributed by atoms with Crippen LogP contribution in [0.15, 0.2) is 60.9 Å². The number of aromatic amines is 2. The van der Waals surface area contributed by atoms with E-state index in [1.165, 1.54) is 0 Å². The van der Waals surface area contributed by atoms with Crippen LogP contribution in [0.25, 0.3) is 33.6 Å². The lowest BCUT2D eigenvalue weighted by Crippen LogP contribution is -2.39. The van der Waals surface area contributed by atoms with Crippen molar-refractivity contribution in [2.24, 2.45) is 11.8 Å². The van der Waals surface area contributed by atoms with Crippen molar-refractivity contribution in [2.75, 3.05) is 13.1 Å². The summed E-state index contributed by atoms with van der Waals surface area (Å²) in [6.45, 7) is 10.8. The van der Waals surface area contributed by atoms with Gasteiger partial charge >= 0.3 is 0 Å². The van der Waals surface area contributed by atoms with Crippen molar-refractivity contribution in [3.05, 3.63) is 72.6 Å². The third kappa shape index (κ3) is 6.65. The molecule has 242 valence electrons. The summed E-state index contributed by atoms with van der Waals surface area (Å²) in [7, 11) is 0. The smallest absolute Gasteiger partial charge is 0.123 e. The molecule has 0 radical (unpaired) electrons. The molecule has 46 heavy (non-hydrogen) atoms. The Balaban J connectivity index is 1.13. The van der Waals surface area contributed by atoms with Crippen LogP contribution >= 0.6 is 0 Å². The number of aldehydes is 2. The number of likely N-dealkylation sites (tertiary alicyclic amines) is 2. The maximum absolute atomic E-state index is 11.4. The molecule has 0 bridgehead atoms. The van der Waals surface area contributed by atoms with Crippen LogP contribution in [0, 0.1) is 11.8 Å². The molecule has 4 heterocycles. The number of nitrogens with zero attached hydrogens (tertiary/aromatic N) is 4. The Kier molecular flexibility index (Phi) is 9.95. The average molecular weight is 621 g/mol.